The molecule has 2 aliphatic rings. The number of methoxy groups -OCH3 is 1. The molecule has 2 aromatic rings. The number of aromatic nitrogens is 1. The summed E-state index contributed by atoms with van der Waals surface area (Å²) in [5.74, 6) is 0.745. The van der Waals surface area contributed by atoms with Crippen molar-refractivity contribution >= 4 is 28.6 Å². The molecule has 1 unspecified atom stereocenters. The molecule has 0 saturated carbocycles. The van der Waals surface area contributed by atoms with Crippen LogP contribution in [0.1, 0.15) is 17.7 Å². The number of hydrogen-bond donors (Lipinski definition) is 1. The van der Waals surface area contributed by atoms with Gasteiger partial charge in [-0.15, -0.1) is 0 Å². The molecule has 1 spiro atoms. The number of aromatic amines is 1. The molecule has 0 fully saturated rings. The molecule has 0 saturated heterocycles. The van der Waals surface area contributed by atoms with Gasteiger partial charge in [0.1, 0.15) is 5.75 Å². The Bertz CT molecular complexity index is 816. The highest BCUT2D eigenvalue weighted by atomic mass is 35.5. The van der Waals surface area contributed by atoms with E-state index in [9.17, 15) is 0 Å². The van der Waals surface area contributed by atoms with Crippen LogP contribution < -0.4 is 4.74 Å². The van der Waals surface area contributed by atoms with Gasteiger partial charge in [-0.05, 0) is 24.3 Å². The molecular weight excluding hydrogens is 286 g/mol. The molecule has 1 aliphatic carbocycles. The molecule has 0 bridgehead atoms. The maximum atomic E-state index is 6.38. The monoisotopic (exact) mass is 299 g/mol. The van der Waals surface area contributed by atoms with Crippen molar-refractivity contribution in [1.82, 2.24) is 4.98 Å². The Morgan fingerprint density at radius 3 is 3.00 bits per heavy atom. The molecule has 0 amide bonds. The van der Waals surface area contributed by atoms with E-state index in [1.807, 2.05) is 24.3 Å². The average Bonchev–Trinajstić information content (AvgIpc) is 2.89. The number of benzene rings is 1. The van der Waals surface area contributed by atoms with E-state index in [0.717, 1.165) is 34.3 Å². The fourth-order valence-electron chi connectivity index (χ4n) is 3.12. The summed E-state index contributed by atoms with van der Waals surface area (Å²) in [7, 11) is 1.64. The van der Waals surface area contributed by atoms with E-state index in [1.54, 1.807) is 13.4 Å². The van der Waals surface area contributed by atoms with Crippen molar-refractivity contribution in [3.05, 3.63) is 59.0 Å². The molecule has 1 aliphatic heterocycles. The molecule has 4 rings (SSSR count). The van der Waals surface area contributed by atoms with Gasteiger partial charge in [-0.25, -0.2) is 0 Å². The van der Waals surface area contributed by atoms with Crippen LogP contribution in [0.15, 0.2) is 42.7 Å². The second kappa shape index (κ2) is 4.43. The van der Waals surface area contributed by atoms with Gasteiger partial charge in [0, 0.05) is 29.1 Å². The van der Waals surface area contributed by atoms with E-state index in [2.05, 4.69) is 23.2 Å². The molecule has 2 heterocycles. The van der Waals surface area contributed by atoms with Crippen LogP contribution in [0.25, 0.3) is 17.0 Å². The normalized spacial score (nSPS) is 22.6. The zero-order valence-electron chi connectivity index (χ0n) is 11.5. The summed E-state index contributed by atoms with van der Waals surface area (Å²) in [6.45, 7) is 0. The number of hydrogen-bond acceptors (Lipinski definition) is 2. The first-order valence-corrected chi connectivity index (χ1v) is 7.20. The largest absolute Gasteiger partial charge is 0.497 e. The Hall–Kier alpha value is -2.13. The molecule has 0 radical (unpaired) electrons. The van der Waals surface area contributed by atoms with E-state index in [-0.39, 0.29) is 0 Å². The van der Waals surface area contributed by atoms with Gasteiger partial charge in [-0.2, -0.15) is 0 Å². The van der Waals surface area contributed by atoms with Crippen molar-refractivity contribution in [2.24, 2.45) is 0 Å². The van der Waals surface area contributed by atoms with Crippen LogP contribution in [0.5, 0.6) is 5.75 Å². The van der Waals surface area contributed by atoms with Gasteiger partial charge in [-0.1, -0.05) is 23.8 Å². The van der Waals surface area contributed by atoms with E-state index < -0.39 is 5.60 Å². The lowest BCUT2D eigenvalue weighted by molar-refractivity contribution is 0.0655. The Morgan fingerprint density at radius 1 is 1.33 bits per heavy atom. The molecule has 1 aromatic carbocycles. The fourth-order valence-corrected chi connectivity index (χ4v) is 3.37. The maximum absolute atomic E-state index is 6.38. The first-order chi connectivity index (χ1) is 10.2. The molecule has 106 valence electrons. The fraction of sp³-hybridized carbons (Fsp3) is 0.176. The Morgan fingerprint density at radius 2 is 2.24 bits per heavy atom. The Kier molecular flexibility index (Phi) is 2.66. The van der Waals surface area contributed by atoms with Crippen molar-refractivity contribution < 1.29 is 9.47 Å². The van der Waals surface area contributed by atoms with Gasteiger partial charge >= 0.3 is 0 Å². The summed E-state index contributed by atoms with van der Waals surface area (Å²) in [5.41, 5.74) is 2.60. The van der Waals surface area contributed by atoms with Crippen LogP contribution in [-0.2, 0) is 10.3 Å². The average molecular weight is 300 g/mol. The van der Waals surface area contributed by atoms with Crippen LogP contribution >= 0.6 is 11.6 Å². The summed E-state index contributed by atoms with van der Waals surface area (Å²) in [4.78, 5) is 3.39. The second-order valence-corrected chi connectivity index (χ2v) is 5.65. The SMILES string of the molecule is COc1cc(Cl)c2[nH]c3c(c2c1)C1(C=CC=CO1)CC=C3. The van der Waals surface area contributed by atoms with Crippen molar-refractivity contribution in [2.45, 2.75) is 12.0 Å². The van der Waals surface area contributed by atoms with Gasteiger partial charge in [0.25, 0.3) is 0 Å². The minimum absolute atomic E-state index is 0.465. The predicted octanol–water partition coefficient (Wildman–Crippen LogP) is 4.54. The smallest absolute Gasteiger partial charge is 0.158 e. The molecule has 4 heteroatoms. The molecule has 1 aromatic heterocycles. The second-order valence-electron chi connectivity index (χ2n) is 5.25. The van der Waals surface area contributed by atoms with Crippen LogP contribution in [0, 0.1) is 0 Å². The van der Waals surface area contributed by atoms with Gasteiger partial charge < -0.3 is 14.5 Å². The molecule has 21 heavy (non-hydrogen) atoms. The summed E-state index contributed by atoms with van der Waals surface area (Å²) in [6, 6.07) is 3.83. The lowest BCUT2D eigenvalue weighted by Crippen LogP contribution is -2.28. The first-order valence-electron chi connectivity index (χ1n) is 6.82. The zero-order chi connectivity index (χ0) is 14.4. The highest BCUT2D eigenvalue weighted by molar-refractivity contribution is 6.35. The number of allylic oxidation sites excluding steroid dienone is 2. The van der Waals surface area contributed by atoms with Gasteiger partial charge in [0.2, 0.25) is 0 Å². The van der Waals surface area contributed by atoms with E-state index in [4.69, 9.17) is 21.1 Å². The van der Waals surface area contributed by atoms with Gasteiger partial charge in [0.15, 0.2) is 5.60 Å². The first kappa shape index (κ1) is 12.6. The predicted molar refractivity (Wildman–Crippen MR) is 84.6 cm³/mol. The summed E-state index contributed by atoms with van der Waals surface area (Å²) in [6.07, 6.45) is 12.7. The van der Waals surface area contributed by atoms with Crippen LogP contribution in [0.3, 0.4) is 0 Å². The highest BCUT2D eigenvalue weighted by Crippen LogP contribution is 2.45. The van der Waals surface area contributed by atoms with E-state index in [1.165, 1.54) is 0 Å². The standard InChI is InChI=1S/C17H14ClNO2/c1-20-11-9-12-15-14(19-16(12)13(18)10-11)5-4-7-17(15)6-2-3-8-21-17/h2-6,8-10,19H,7H2,1H3. The summed E-state index contributed by atoms with van der Waals surface area (Å²) >= 11 is 6.38. The molecule has 1 N–H and O–H groups in total. The number of H-pyrrole nitrogens is 1. The van der Waals surface area contributed by atoms with Gasteiger partial charge in [0.05, 0.1) is 23.9 Å². The van der Waals surface area contributed by atoms with Gasteiger partial charge in [-0.3, -0.25) is 0 Å². The minimum atomic E-state index is -0.465. The third-order valence-electron chi connectivity index (χ3n) is 4.06. The summed E-state index contributed by atoms with van der Waals surface area (Å²) < 4.78 is 11.3. The molecule has 1 atom stereocenters. The Labute approximate surface area is 127 Å². The van der Waals surface area contributed by atoms with Crippen LogP contribution in [0.2, 0.25) is 5.02 Å². The van der Waals surface area contributed by atoms with Crippen molar-refractivity contribution in [3.8, 4) is 5.75 Å². The minimum Gasteiger partial charge on any atom is -0.497 e. The highest BCUT2D eigenvalue weighted by Gasteiger charge is 2.37. The van der Waals surface area contributed by atoms with E-state index >= 15 is 0 Å². The topological polar surface area (TPSA) is 34.2 Å². The number of halogens is 1. The maximum Gasteiger partial charge on any atom is 0.158 e. The zero-order valence-corrected chi connectivity index (χ0v) is 12.3. The third-order valence-corrected chi connectivity index (χ3v) is 4.36. The summed E-state index contributed by atoms with van der Waals surface area (Å²) in [5, 5.41) is 1.69. The lowest BCUT2D eigenvalue weighted by atomic mass is 9.83. The van der Waals surface area contributed by atoms with Crippen LogP contribution in [-0.4, -0.2) is 12.1 Å². The van der Waals surface area contributed by atoms with Crippen molar-refractivity contribution in [3.63, 3.8) is 0 Å². The number of fused-ring (bicyclic) bond motifs is 4. The Balaban J connectivity index is 2.06. The number of rotatable bonds is 1. The molecular formula is C17H14ClNO2. The third kappa shape index (κ3) is 1.74. The molecule has 3 nitrogen and oxygen atoms in total. The van der Waals surface area contributed by atoms with Crippen LogP contribution in [0.4, 0.5) is 0 Å². The van der Waals surface area contributed by atoms with Crippen molar-refractivity contribution in [1.29, 1.82) is 0 Å². The van der Waals surface area contributed by atoms with Crippen molar-refractivity contribution in [2.75, 3.05) is 7.11 Å². The number of ether oxygens (including phenoxy) is 2. The number of nitrogens with one attached hydrogen (secondary N) is 1. The lowest BCUT2D eigenvalue weighted by Gasteiger charge is -2.33. The quantitative estimate of drug-likeness (QED) is 0.838. The van der Waals surface area contributed by atoms with E-state index in [0.29, 0.717) is 5.02 Å².